The predicted octanol–water partition coefficient (Wildman–Crippen LogP) is 2.19. The van der Waals surface area contributed by atoms with Crippen molar-refractivity contribution in [2.75, 3.05) is 7.11 Å². The summed E-state index contributed by atoms with van der Waals surface area (Å²) in [5, 5.41) is 0. The smallest absolute Gasteiger partial charge is 0.143 e. The highest BCUT2D eigenvalue weighted by molar-refractivity contribution is 9.10. The predicted molar refractivity (Wildman–Crippen MR) is 37.1 cm³/mol. The van der Waals surface area contributed by atoms with Gasteiger partial charge in [0.05, 0.1) is 10.7 Å². The first kappa shape index (κ1) is 6.83. The van der Waals surface area contributed by atoms with E-state index in [-0.39, 0.29) is 0 Å². The number of ether oxygens (including phenoxy) is 1. The SMILES string of the molecule is COCc1occc1Br. The van der Waals surface area contributed by atoms with Crippen LogP contribution in [-0.2, 0) is 11.3 Å². The van der Waals surface area contributed by atoms with Crippen LogP contribution < -0.4 is 0 Å². The molecule has 0 spiro atoms. The summed E-state index contributed by atoms with van der Waals surface area (Å²) in [6.45, 7) is 0.521. The lowest BCUT2D eigenvalue weighted by molar-refractivity contribution is 0.163. The number of hydrogen-bond donors (Lipinski definition) is 0. The zero-order valence-electron chi connectivity index (χ0n) is 5.06. The van der Waals surface area contributed by atoms with Gasteiger partial charge in [-0.3, -0.25) is 0 Å². The van der Waals surface area contributed by atoms with Gasteiger partial charge in [-0.05, 0) is 22.0 Å². The van der Waals surface area contributed by atoms with Crippen LogP contribution in [0.3, 0.4) is 0 Å². The van der Waals surface area contributed by atoms with Gasteiger partial charge in [-0.2, -0.15) is 0 Å². The van der Waals surface area contributed by atoms with E-state index in [9.17, 15) is 0 Å². The molecule has 0 unspecified atom stereocenters. The minimum atomic E-state index is 0.521. The first-order chi connectivity index (χ1) is 4.34. The van der Waals surface area contributed by atoms with E-state index in [4.69, 9.17) is 9.15 Å². The van der Waals surface area contributed by atoms with Crippen LogP contribution >= 0.6 is 15.9 Å². The van der Waals surface area contributed by atoms with Crippen LogP contribution in [0.4, 0.5) is 0 Å². The molecule has 0 fully saturated rings. The summed E-state index contributed by atoms with van der Waals surface area (Å²) in [7, 11) is 1.63. The lowest BCUT2D eigenvalue weighted by atomic mass is 10.5. The molecule has 0 aliphatic carbocycles. The van der Waals surface area contributed by atoms with Crippen molar-refractivity contribution >= 4 is 15.9 Å². The Morgan fingerprint density at radius 2 is 2.56 bits per heavy atom. The van der Waals surface area contributed by atoms with Gasteiger partial charge >= 0.3 is 0 Å². The van der Waals surface area contributed by atoms with E-state index in [2.05, 4.69) is 15.9 Å². The molecule has 50 valence electrons. The zero-order valence-corrected chi connectivity index (χ0v) is 6.64. The van der Waals surface area contributed by atoms with Crippen molar-refractivity contribution in [1.82, 2.24) is 0 Å². The summed E-state index contributed by atoms with van der Waals surface area (Å²) in [5.74, 6) is 0.831. The van der Waals surface area contributed by atoms with Crippen molar-refractivity contribution in [3.05, 3.63) is 22.6 Å². The van der Waals surface area contributed by atoms with E-state index < -0.39 is 0 Å². The Morgan fingerprint density at radius 3 is 3.00 bits per heavy atom. The Balaban J connectivity index is 2.69. The van der Waals surface area contributed by atoms with E-state index in [0.29, 0.717) is 6.61 Å². The van der Waals surface area contributed by atoms with Crippen molar-refractivity contribution in [2.45, 2.75) is 6.61 Å². The molecule has 0 bridgehead atoms. The summed E-state index contributed by atoms with van der Waals surface area (Å²) < 4.78 is 10.8. The topological polar surface area (TPSA) is 22.4 Å². The fourth-order valence-corrected chi connectivity index (χ4v) is 0.875. The van der Waals surface area contributed by atoms with Crippen LogP contribution in [0.15, 0.2) is 21.2 Å². The van der Waals surface area contributed by atoms with Gasteiger partial charge in [0.25, 0.3) is 0 Å². The van der Waals surface area contributed by atoms with Gasteiger partial charge in [0.2, 0.25) is 0 Å². The van der Waals surface area contributed by atoms with Crippen molar-refractivity contribution in [3.63, 3.8) is 0 Å². The summed E-state index contributed by atoms with van der Waals surface area (Å²) in [6.07, 6.45) is 1.62. The molecule has 1 aromatic rings. The van der Waals surface area contributed by atoms with Crippen LogP contribution in [0.1, 0.15) is 5.76 Å². The third kappa shape index (κ3) is 1.56. The second kappa shape index (κ2) is 3.03. The normalized spacial score (nSPS) is 10.0. The van der Waals surface area contributed by atoms with Gasteiger partial charge in [0.15, 0.2) is 0 Å². The Morgan fingerprint density at radius 1 is 1.78 bits per heavy atom. The summed E-state index contributed by atoms with van der Waals surface area (Å²) in [5.41, 5.74) is 0. The molecule has 2 nitrogen and oxygen atoms in total. The monoisotopic (exact) mass is 190 g/mol. The maximum atomic E-state index is 5.03. The van der Waals surface area contributed by atoms with E-state index in [1.54, 1.807) is 13.4 Å². The number of halogens is 1. The molecular formula is C6H7BrO2. The molecule has 0 aliphatic heterocycles. The average Bonchev–Trinajstić information content (AvgIpc) is 2.18. The first-order valence-corrected chi connectivity index (χ1v) is 3.34. The fraction of sp³-hybridized carbons (Fsp3) is 0.333. The number of furan rings is 1. The molecule has 0 saturated carbocycles. The van der Waals surface area contributed by atoms with Crippen LogP contribution in [0.25, 0.3) is 0 Å². The molecule has 1 aromatic heterocycles. The maximum absolute atomic E-state index is 5.03. The van der Waals surface area contributed by atoms with E-state index in [1.807, 2.05) is 6.07 Å². The zero-order chi connectivity index (χ0) is 6.69. The van der Waals surface area contributed by atoms with E-state index >= 15 is 0 Å². The minimum absolute atomic E-state index is 0.521. The van der Waals surface area contributed by atoms with Crippen LogP contribution in [0.2, 0.25) is 0 Å². The largest absolute Gasteiger partial charge is 0.466 e. The molecule has 0 atom stereocenters. The number of methoxy groups -OCH3 is 1. The molecular weight excluding hydrogens is 184 g/mol. The van der Waals surface area contributed by atoms with Crippen molar-refractivity contribution in [3.8, 4) is 0 Å². The van der Waals surface area contributed by atoms with Gasteiger partial charge < -0.3 is 9.15 Å². The molecule has 3 heteroatoms. The molecule has 0 radical (unpaired) electrons. The van der Waals surface area contributed by atoms with Crippen LogP contribution in [-0.4, -0.2) is 7.11 Å². The van der Waals surface area contributed by atoms with Crippen molar-refractivity contribution in [2.24, 2.45) is 0 Å². The third-order valence-corrected chi connectivity index (χ3v) is 1.67. The van der Waals surface area contributed by atoms with Gasteiger partial charge in [-0.25, -0.2) is 0 Å². The molecule has 0 aromatic carbocycles. The molecule has 1 heterocycles. The Kier molecular flexibility index (Phi) is 2.30. The highest BCUT2D eigenvalue weighted by Gasteiger charge is 1.99. The lowest BCUT2D eigenvalue weighted by Crippen LogP contribution is -1.83. The summed E-state index contributed by atoms with van der Waals surface area (Å²) >= 11 is 3.29. The highest BCUT2D eigenvalue weighted by atomic mass is 79.9. The molecule has 0 aliphatic rings. The Bertz CT molecular complexity index is 183. The van der Waals surface area contributed by atoms with Gasteiger partial charge in [-0.1, -0.05) is 0 Å². The standard InChI is InChI=1S/C6H7BrO2/c1-8-4-6-5(7)2-3-9-6/h2-3H,4H2,1H3. The van der Waals surface area contributed by atoms with Crippen molar-refractivity contribution in [1.29, 1.82) is 0 Å². The lowest BCUT2D eigenvalue weighted by Gasteiger charge is -1.92. The quantitative estimate of drug-likeness (QED) is 0.714. The molecule has 0 amide bonds. The van der Waals surface area contributed by atoms with Gasteiger partial charge in [0.1, 0.15) is 12.4 Å². The van der Waals surface area contributed by atoms with E-state index in [0.717, 1.165) is 10.2 Å². The van der Waals surface area contributed by atoms with Crippen LogP contribution in [0, 0.1) is 0 Å². The Labute approximate surface area is 61.9 Å². The molecule has 1 rings (SSSR count). The summed E-state index contributed by atoms with van der Waals surface area (Å²) in [4.78, 5) is 0. The highest BCUT2D eigenvalue weighted by Crippen LogP contribution is 2.17. The Hall–Kier alpha value is -0.280. The van der Waals surface area contributed by atoms with Crippen LogP contribution in [0.5, 0.6) is 0 Å². The second-order valence-corrected chi connectivity index (χ2v) is 2.48. The second-order valence-electron chi connectivity index (χ2n) is 1.62. The van der Waals surface area contributed by atoms with Crippen molar-refractivity contribution < 1.29 is 9.15 Å². The van der Waals surface area contributed by atoms with Gasteiger partial charge in [0, 0.05) is 7.11 Å². The molecule has 0 saturated heterocycles. The first-order valence-electron chi connectivity index (χ1n) is 2.55. The summed E-state index contributed by atoms with van der Waals surface area (Å²) in [6, 6.07) is 1.84. The number of rotatable bonds is 2. The maximum Gasteiger partial charge on any atom is 0.143 e. The third-order valence-electron chi connectivity index (χ3n) is 0.966. The minimum Gasteiger partial charge on any atom is -0.466 e. The molecule has 0 N–H and O–H groups in total. The fourth-order valence-electron chi connectivity index (χ4n) is 0.559. The number of hydrogen-bond acceptors (Lipinski definition) is 2. The van der Waals surface area contributed by atoms with Gasteiger partial charge in [-0.15, -0.1) is 0 Å². The average molecular weight is 191 g/mol. The van der Waals surface area contributed by atoms with E-state index in [1.165, 1.54) is 0 Å². The molecule has 9 heavy (non-hydrogen) atoms.